The van der Waals surface area contributed by atoms with Gasteiger partial charge in [0.15, 0.2) is 0 Å². The van der Waals surface area contributed by atoms with Crippen LogP contribution in [0.25, 0.3) is 0 Å². The molecule has 1 aliphatic rings. The molecule has 1 fully saturated rings. The van der Waals surface area contributed by atoms with Crippen LogP contribution in [-0.4, -0.2) is 42.7 Å². The number of anilines is 1. The molecule has 3 nitrogen and oxygen atoms in total. The monoisotopic (exact) mass is 460 g/mol. The molecule has 0 saturated carbocycles. The van der Waals surface area contributed by atoms with Gasteiger partial charge in [-0.05, 0) is 53.6 Å². The lowest BCUT2D eigenvalue weighted by Crippen LogP contribution is -2.51. The first kappa shape index (κ1) is 21.5. The molecule has 3 aromatic rings. The van der Waals surface area contributed by atoms with Gasteiger partial charge in [0.25, 0.3) is 0 Å². The summed E-state index contributed by atoms with van der Waals surface area (Å²) in [5, 5.41) is 13.9. The van der Waals surface area contributed by atoms with Crippen molar-refractivity contribution in [3.05, 3.63) is 99.0 Å². The van der Waals surface area contributed by atoms with Crippen molar-refractivity contribution in [2.75, 3.05) is 37.6 Å². The highest BCUT2D eigenvalue weighted by atomic mass is 35.5. The third-order valence-corrected chi connectivity index (χ3v) is 6.38. The molecular weight excluding hydrogens is 439 g/mol. The van der Waals surface area contributed by atoms with Gasteiger partial charge in [-0.3, -0.25) is 4.90 Å². The van der Waals surface area contributed by atoms with Gasteiger partial charge in [0.05, 0.1) is 0 Å². The first-order chi connectivity index (χ1) is 14.4. The van der Waals surface area contributed by atoms with Gasteiger partial charge in [-0.15, -0.1) is 0 Å². The number of benzene rings is 3. The molecule has 0 atom stereocenters. The average Bonchev–Trinajstić information content (AvgIpc) is 2.75. The number of β-amino-alcohol motifs (C(OH)–C–C–N with tert-alkyl or cyclic N) is 1. The zero-order chi connectivity index (χ0) is 21.1. The Kier molecular flexibility index (Phi) is 6.57. The van der Waals surface area contributed by atoms with Crippen LogP contribution in [0.1, 0.15) is 11.1 Å². The van der Waals surface area contributed by atoms with Crippen LogP contribution in [0.15, 0.2) is 72.8 Å². The molecule has 3 aromatic carbocycles. The van der Waals surface area contributed by atoms with Gasteiger partial charge in [-0.1, -0.05) is 65.1 Å². The summed E-state index contributed by atoms with van der Waals surface area (Å²) in [4.78, 5) is 4.62. The highest BCUT2D eigenvalue weighted by molar-refractivity contribution is 6.31. The maximum Gasteiger partial charge on any atom is 0.127 e. The van der Waals surface area contributed by atoms with E-state index in [0.29, 0.717) is 16.6 Å². The quantitative estimate of drug-likeness (QED) is 0.527. The molecule has 4 rings (SSSR count). The first-order valence-corrected chi connectivity index (χ1v) is 11.0. The number of nitrogens with zero attached hydrogens (tertiary/aromatic N) is 2. The van der Waals surface area contributed by atoms with Crippen LogP contribution in [0.4, 0.5) is 5.69 Å². The van der Waals surface area contributed by atoms with Crippen molar-refractivity contribution in [3.63, 3.8) is 0 Å². The Morgan fingerprint density at radius 2 is 1.23 bits per heavy atom. The zero-order valence-electron chi connectivity index (χ0n) is 16.4. The number of hydrogen-bond donors (Lipinski definition) is 1. The summed E-state index contributed by atoms with van der Waals surface area (Å²) >= 11 is 18.3. The standard InChI is InChI=1S/C24H23Cl3N2O/c25-20-8-4-18(5-9-20)24(30,19-6-10-21(26)11-7-19)17-28-12-14-29(15-13-28)23-3-1-2-22(27)16-23/h1-11,16,30H,12-15,17H2. The minimum Gasteiger partial charge on any atom is -0.379 e. The number of halogens is 3. The van der Waals surface area contributed by atoms with Gasteiger partial charge in [-0.25, -0.2) is 0 Å². The molecule has 156 valence electrons. The van der Waals surface area contributed by atoms with E-state index in [1.807, 2.05) is 66.7 Å². The predicted octanol–water partition coefficient (Wildman–Crippen LogP) is 5.70. The number of rotatable bonds is 5. The Balaban J connectivity index is 1.54. The number of aliphatic hydroxyl groups is 1. The average molecular weight is 462 g/mol. The number of hydrogen-bond acceptors (Lipinski definition) is 3. The summed E-state index contributed by atoms with van der Waals surface area (Å²) in [5.41, 5.74) is 1.60. The van der Waals surface area contributed by atoms with E-state index in [0.717, 1.165) is 48.0 Å². The normalized spacial score (nSPS) is 15.4. The Labute approximate surface area is 192 Å². The third-order valence-electron chi connectivity index (χ3n) is 5.64. The van der Waals surface area contributed by atoms with Crippen LogP contribution >= 0.6 is 34.8 Å². The van der Waals surface area contributed by atoms with E-state index in [9.17, 15) is 5.11 Å². The molecule has 0 aliphatic carbocycles. The van der Waals surface area contributed by atoms with Crippen LogP contribution < -0.4 is 4.90 Å². The molecule has 30 heavy (non-hydrogen) atoms. The summed E-state index contributed by atoms with van der Waals surface area (Å²) in [6.45, 7) is 3.92. The fraction of sp³-hybridized carbons (Fsp3) is 0.250. The lowest BCUT2D eigenvalue weighted by atomic mass is 9.85. The molecule has 1 heterocycles. The van der Waals surface area contributed by atoms with Crippen LogP contribution in [0, 0.1) is 0 Å². The summed E-state index contributed by atoms with van der Waals surface area (Å²) in [7, 11) is 0. The molecule has 1 aliphatic heterocycles. The Morgan fingerprint density at radius 3 is 1.73 bits per heavy atom. The summed E-state index contributed by atoms with van der Waals surface area (Å²) in [5.74, 6) is 0. The van der Waals surface area contributed by atoms with E-state index in [-0.39, 0.29) is 0 Å². The largest absolute Gasteiger partial charge is 0.379 e. The highest BCUT2D eigenvalue weighted by Crippen LogP contribution is 2.33. The fourth-order valence-electron chi connectivity index (χ4n) is 3.96. The highest BCUT2D eigenvalue weighted by Gasteiger charge is 2.35. The van der Waals surface area contributed by atoms with Gasteiger partial charge in [-0.2, -0.15) is 0 Å². The third kappa shape index (κ3) is 4.77. The topological polar surface area (TPSA) is 26.7 Å². The Hall–Kier alpha value is -1.75. The van der Waals surface area contributed by atoms with Crippen LogP contribution in [0.2, 0.25) is 15.1 Å². The van der Waals surface area contributed by atoms with Crippen molar-refractivity contribution in [1.29, 1.82) is 0 Å². The van der Waals surface area contributed by atoms with Gasteiger partial charge in [0.2, 0.25) is 0 Å². The number of piperazine rings is 1. The Bertz CT molecular complexity index is 939. The van der Waals surface area contributed by atoms with Gasteiger partial charge in [0, 0.05) is 53.5 Å². The first-order valence-electron chi connectivity index (χ1n) is 9.91. The molecule has 0 spiro atoms. The fourth-order valence-corrected chi connectivity index (χ4v) is 4.40. The van der Waals surface area contributed by atoms with Crippen molar-refractivity contribution >= 4 is 40.5 Å². The summed E-state index contributed by atoms with van der Waals surface area (Å²) < 4.78 is 0. The molecule has 0 unspecified atom stereocenters. The zero-order valence-corrected chi connectivity index (χ0v) is 18.7. The second kappa shape index (κ2) is 9.17. The predicted molar refractivity (Wildman–Crippen MR) is 126 cm³/mol. The maximum absolute atomic E-state index is 11.8. The van der Waals surface area contributed by atoms with E-state index in [1.165, 1.54) is 0 Å². The summed E-state index contributed by atoms with van der Waals surface area (Å²) in [6, 6.07) is 22.8. The van der Waals surface area contributed by atoms with E-state index < -0.39 is 5.60 Å². The molecule has 1 N–H and O–H groups in total. The molecule has 0 bridgehead atoms. The minimum atomic E-state index is -1.16. The minimum absolute atomic E-state index is 0.486. The lowest BCUT2D eigenvalue weighted by molar-refractivity contribution is 0.0337. The van der Waals surface area contributed by atoms with Crippen molar-refractivity contribution < 1.29 is 5.11 Å². The molecule has 1 saturated heterocycles. The van der Waals surface area contributed by atoms with E-state index in [2.05, 4.69) is 15.9 Å². The van der Waals surface area contributed by atoms with Gasteiger partial charge < -0.3 is 10.0 Å². The summed E-state index contributed by atoms with van der Waals surface area (Å²) in [6.07, 6.45) is 0. The van der Waals surface area contributed by atoms with E-state index in [1.54, 1.807) is 0 Å². The van der Waals surface area contributed by atoms with Gasteiger partial charge in [0.1, 0.15) is 5.60 Å². The Morgan fingerprint density at radius 1 is 0.700 bits per heavy atom. The van der Waals surface area contributed by atoms with Gasteiger partial charge >= 0.3 is 0 Å². The maximum atomic E-state index is 11.8. The van der Waals surface area contributed by atoms with Crippen molar-refractivity contribution in [1.82, 2.24) is 4.90 Å². The second-order valence-electron chi connectivity index (χ2n) is 7.62. The van der Waals surface area contributed by atoms with Crippen molar-refractivity contribution in [2.45, 2.75) is 5.60 Å². The van der Waals surface area contributed by atoms with E-state index >= 15 is 0 Å². The SMILES string of the molecule is OC(CN1CCN(c2cccc(Cl)c2)CC1)(c1ccc(Cl)cc1)c1ccc(Cl)cc1. The van der Waals surface area contributed by atoms with Crippen molar-refractivity contribution in [2.24, 2.45) is 0 Å². The van der Waals surface area contributed by atoms with Crippen LogP contribution in [0.3, 0.4) is 0 Å². The smallest absolute Gasteiger partial charge is 0.127 e. The lowest BCUT2D eigenvalue weighted by Gasteiger charge is -2.40. The van der Waals surface area contributed by atoms with Crippen molar-refractivity contribution in [3.8, 4) is 0 Å². The molecule has 0 radical (unpaired) electrons. The molecule has 0 aromatic heterocycles. The van der Waals surface area contributed by atoms with Crippen LogP contribution in [0.5, 0.6) is 0 Å². The molecule has 6 heteroatoms. The second-order valence-corrected chi connectivity index (χ2v) is 8.93. The van der Waals surface area contributed by atoms with E-state index in [4.69, 9.17) is 34.8 Å². The molecule has 0 amide bonds. The van der Waals surface area contributed by atoms with Crippen LogP contribution in [-0.2, 0) is 5.60 Å². The molecular formula is C24H23Cl3N2O.